The van der Waals surface area contributed by atoms with Crippen LogP contribution in [0.2, 0.25) is 0 Å². The zero-order valence-corrected chi connectivity index (χ0v) is 50.1. The van der Waals surface area contributed by atoms with E-state index < -0.39 is 0 Å². The van der Waals surface area contributed by atoms with Crippen LogP contribution in [0.25, 0.3) is 0 Å². The van der Waals surface area contributed by atoms with Crippen molar-refractivity contribution in [3.8, 4) is 0 Å². The van der Waals surface area contributed by atoms with Gasteiger partial charge in [-0.1, -0.05) is 342 Å². The molecule has 0 saturated heterocycles. The molecule has 0 radical (unpaired) electrons. The first-order chi connectivity index (χ1) is 35.6. The summed E-state index contributed by atoms with van der Waals surface area (Å²) < 4.78 is 5.88. The molecular formula is C68H133NO3. The van der Waals surface area contributed by atoms with Crippen molar-refractivity contribution in [2.24, 2.45) is 5.92 Å². The second kappa shape index (κ2) is 62.2. The Bertz CT molecular complexity index is 1060. The van der Waals surface area contributed by atoms with Gasteiger partial charge in [-0.05, 0) is 51.4 Å². The number of hydrogen-bond acceptors (Lipinski definition) is 3. The standard InChI is InChI=1S/C68H133NO3/c1-5-9-13-17-21-22-23-24-25-26-27-28-29-30-31-32-33-34-35-36-37-38-39-40-41-42-43-44-45-46-47-48-49-50-51-52-53-57-61-66(68(71)72-64-60-56-20-16-12-8-4)65-67(70)69(62-58-54-18-14-10-6-2)63-59-55-19-15-11-7-3/h41-42,66H,5-40,43-65H2,1-4H3/b42-41+. The summed E-state index contributed by atoms with van der Waals surface area (Å²) in [6.45, 7) is 11.3. The van der Waals surface area contributed by atoms with Crippen LogP contribution in [-0.2, 0) is 14.3 Å². The van der Waals surface area contributed by atoms with Crippen LogP contribution >= 0.6 is 0 Å². The van der Waals surface area contributed by atoms with Gasteiger partial charge in [-0.15, -0.1) is 0 Å². The van der Waals surface area contributed by atoms with Crippen molar-refractivity contribution in [3.05, 3.63) is 12.2 Å². The highest BCUT2D eigenvalue weighted by atomic mass is 16.5. The average Bonchev–Trinajstić information content (AvgIpc) is 3.38. The monoisotopic (exact) mass is 1010 g/mol. The summed E-state index contributed by atoms with van der Waals surface area (Å²) in [5, 5.41) is 0. The quantitative estimate of drug-likeness (QED) is 0.0346. The summed E-state index contributed by atoms with van der Waals surface area (Å²) in [4.78, 5) is 29.5. The molecule has 0 heterocycles. The lowest BCUT2D eigenvalue weighted by Gasteiger charge is -2.25. The molecule has 0 aliphatic carbocycles. The molecule has 0 N–H and O–H groups in total. The van der Waals surface area contributed by atoms with Gasteiger partial charge in [0.2, 0.25) is 5.91 Å². The fourth-order valence-electron chi connectivity index (χ4n) is 10.9. The van der Waals surface area contributed by atoms with E-state index >= 15 is 0 Å². The second-order valence-electron chi connectivity index (χ2n) is 23.3. The van der Waals surface area contributed by atoms with Gasteiger partial charge in [0.1, 0.15) is 0 Å². The Morgan fingerprint density at radius 3 is 0.875 bits per heavy atom. The molecule has 0 rings (SSSR count). The minimum atomic E-state index is -0.294. The lowest BCUT2D eigenvalue weighted by molar-refractivity contribution is -0.152. The van der Waals surface area contributed by atoms with Crippen molar-refractivity contribution in [1.29, 1.82) is 0 Å². The fraction of sp³-hybridized carbons (Fsp3) is 0.941. The Morgan fingerprint density at radius 1 is 0.319 bits per heavy atom. The number of allylic oxidation sites excluding steroid dienone is 2. The lowest BCUT2D eigenvalue weighted by atomic mass is 9.96. The van der Waals surface area contributed by atoms with Crippen LogP contribution in [0.1, 0.15) is 387 Å². The SMILES string of the molecule is CCCCCCCCCCCCCCCCCCCCCCCCC/C=C/CCCCCCCCCCCCCC(CC(=O)N(CCCCCCCC)CCCCCCCC)C(=O)OCCCCCCCC. The maximum atomic E-state index is 13.9. The van der Waals surface area contributed by atoms with E-state index in [2.05, 4.69) is 44.7 Å². The first kappa shape index (κ1) is 70.7. The van der Waals surface area contributed by atoms with E-state index in [9.17, 15) is 9.59 Å². The van der Waals surface area contributed by atoms with Crippen LogP contribution in [0.5, 0.6) is 0 Å². The number of carbonyl (C=O) groups excluding carboxylic acids is 2. The largest absolute Gasteiger partial charge is 0.465 e. The van der Waals surface area contributed by atoms with Crippen LogP contribution in [0.15, 0.2) is 12.2 Å². The van der Waals surface area contributed by atoms with Crippen molar-refractivity contribution in [1.82, 2.24) is 4.90 Å². The molecule has 0 aliphatic heterocycles. The van der Waals surface area contributed by atoms with Crippen LogP contribution in [0, 0.1) is 5.92 Å². The average molecular weight is 1010 g/mol. The molecule has 4 nitrogen and oxygen atoms in total. The maximum absolute atomic E-state index is 13.9. The molecule has 4 heteroatoms. The number of esters is 1. The minimum Gasteiger partial charge on any atom is -0.465 e. The van der Waals surface area contributed by atoms with Crippen LogP contribution < -0.4 is 0 Å². The minimum absolute atomic E-state index is 0.117. The van der Waals surface area contributed by atoms with Crippen LogP contribution in [0.4, 0.5) is 0 Å². The molecule has 1 atom stereocenters. The Morgan fingerprint density at radius 2 is 0.569 bits per heavy atom. The summed E-state index contributed by atoms with van der Waals surface area (Å²) in [5.74, 6) is -0.224. The molecule has 0 spiro atoms. The van der Waals surface area contributed by atoms with Crippen molar-refractivity contribution in [2.45, 2.75) is 387 Å². The predicted molar refractivity (Wildman–Crippen MR) is 321 cm³/mol. The van der Waals surface area contributed by atoms with Crippen LogP contribution in [-0.4, -0.2) is 36.5 Å². The lowest BCUT2D eigenvalue weighted by Crippen LogP contribution is -2.35. The van der Waals surface area contributed by atoms with E-state index in [1.807, 2.05) is 0 Å². The van der Waals surface area contributed by atoms with Gasteiger partial charge in [0.05, 0.1) is 12.5 Å². The first-order valence-electron chi connectivity index (χ1n) is 33.7. The third-order valence-electron chi connectivity index (χ3n) is 16.0. The van der Waals surface area contributed by atoms with E-state index in [0.29, 0.717) is 13.0 Å². The third kappa shape index (κ3) is 54.9. The topological polar surface area (TPSA) is 46.6 Å². The predicted octanol–water partition coefficient (Wildman–Crippen LogP) is 23.5. The second-order valence-corrected chi connectivity index (χ2v) is 23.3. The zero-order valence-electron chi connectivity index (χ0n) is 50.1. The molecule has 1 amide bonds. The number of nitrogens with zero attached hydrogens (tertiary/aromatic N) is 1. The molecular weight excluding hydrogens is 879 g/mol. The summed E-state index contributed by atoms with van der Waals surface area (Å²) in [6, 6.07) is 0. The van der Waals surface area contributed by atoms with E-state index in [1.165, 1.54) is 308 Å². The number of hydrogen-bond donors (Lipinski definition) is 0. The molecule has 0 saturated carbocycles. The van der Waals surface area contributed by atoms with E-state index in [1.54, 1.807) is 0 Å². The van der Waals surface area contributed by atoms with Gasteiger partial charge in [0, 0.05) is 19.5 Å². The van der Waals surface area contributed by atoms with Gasteiger partial charge in [0.15, 0.2) is 0 Å². The first-order valence-corrected chi connectivity index (χ1v) is 33.7. The van der Waals surface area contributed by atoms with Gasteiger partial charge in [-0.3, -0.25) is 9.59 Å². The molecule has 0 aromatic heterocycles. The van der Waals surface area contributed by atoms with Gasteiger partial charge < -0.3 is 9.64 Å². The van der Waals surface area contributed by atoms with E-state index in [-0.39, 0.29) is 17.8 Å². The van der Waals surface area contributed by atoms with E-state index in [0.717, 1.165) is 58.0 Å². The highest BCUT2D eigenvalue weighted by molar-refractivity contribution is 5.83. The number of amides is 1. The molecule has 428 valence electrons. The number of unbranched alkanes of at least 4 members (excludes halogenated alkanes) is 49. The Hall–Kier alpha value is -1.32. The van der Waals surface area contributed by atoms with Crippen molar-refractivity contribution < 1.29 is 14.3 Å². The Kier molecular flexibility index (Phi) is 61.1. The Labute approximate surface area is 454 Å². The molecule has 0 aromatic rings. The van der Waals surface area contributed by atoms with Gasteiger partial charge in [-0.25, -0.2) is 0 Å². The Balaban J connectivity index is 4.03. The summed E-state index contributed by atoms with van der Waals surface area (Å²) in [5.41, 5.74) is 0. The van der Waals surface area contributed by atoms with Gasteiger partial charge in [-0.2, -0.15) is 0 Å². The third-order valence-corrected chi connectivity index (χ3v) is 16.0. The fourth-order valence-corrected chi connectivity index (χ4v) is 10.9. The van der Waals surface area contributed by atoms with Crippen molar-refractivity contribution >= 4 is 11.9 Å². The van der Waals surface area contributed by atoms with Gasteiger partial charge in [0.25, 0.3) is 0 Å². The van der Waals surface area contributed by atoms with Crippen LogP contribution in [0.3, 0.4) is 0 Å². The molecule has 0 aromatic carbocycles. The normalized spacial score (nSPS) is 12.1. The van der Waals surface area contributed by atoms with Crippen molar-refractivity contribution in [3.63, 3.8) is 0 Å². The van der Waals surface area contributed by atoms with Crippen molar-refractivity contribution in [2.75, 3.05) is 19.7 Å². The van der Waals surface area contributed by atoms with E-state index in [4.69, 9.17) is 4.74 Å². The highest BCUT2D eigenvalue weighted by Crippen LogP contribution is 2.22. The number of rotatable bonds is 62. The maximum Gasteiger partial charge on any atom is 0.309 e. The zero-order chi connectivity index (χ0) is 52.2. The summed E-state index contributed by atoms with van der Waals surface area (Å²) in [6.07, 6.45) is 78.3. The molecule has 0 fully saturated rings. The highest BCUT2D eigenvalue weighted by Gasteiger charge is 2.26. The summed E-state index contributed by atoms with van der Waals surface area (Å²) in [7, 11) is 0. The van der Waals surface area contributed by atoms with Gasteiger partial charge >= 0.3 is 5.97 Å². The number of ether oxygens (including phenoxy) is 1. The molecule has 0 aliphatic rings. The molecule has 0 bridgehead atoms. The molecule has 1 unspecified atom stereocenters. The summed E-state index contributed by atoms with van der Waals surface area (Å²) >= 11 is 0. The smallest absolute Gasteiger partial charge is 0.309 e. The number of carbonyl (C=O) groups is 2. The molecule has 72 heavy (non-hydrogen) atoms.